The molecule has 3 heteroatoms. The fraction of sp³-hybridized carbons (Fsp3) is 0.667. The number of methoxy groups -OCH3 is 1. The van der Waals surface area contributed by atoms with Crippen molar-refractivity contribution in [2.75, 3.05) is 13.7 Å². The molecule has 0 spiro atoms. The van der Waals surface area contributed by atoms with Crippen LogP contribution in [0.2, 0.25) is 0 Å². The summed E-state index contributed by atoms with van der Waals surface area (Å²) < 4.78 is 4.55. The number of hydrogen-bond acceptors (Lipinski definition) is 3. The van der Waals surface area contributed by atoms with Crippen LogP contribution in [0, 0.1) is 18.3 Å². The summed E-state index contributed by atoms with van der Waals surface area (Å²) in [4.78, 5) is 10.9. The van der Waals surface area contributed by atoms with Crippen molar-refractivity contribution in [3.05, 3.63) is 0 Å². The molecule has 0 aromatic heterocycles. The second-order valence-corrected chi connectivity index (χ2v) is 2.72. The van der Waals surface area contributed by atoms with Crippen LogP contribution in [0.5, 0.6) is 0 Å². The highest BCUT2D eigenvalue weighted by atomic mass is 16.5. The summed E-state index contributed by atoms with van der Waals surface area (Å²) in [5.41, 5.74) is 0. The maximum atomic E-state index is 10.9. The second kappa shape index (κ2) is 5.62. The van der Waals surface area contributed by atoms with Gasteiger partial charge < -0.3 is 10.1 Å². The first-order valence-corrected chi connectivity index (χ1v) is 3.89. The summed E-state index contributed by atoms with van der Waals surface area (Å²) in [5, 5.41) is 3.01. The minimum absolute atomic E-state index is 0.00268. The van der Waals surface area contributed by atoms with E-state index in [0.29, 0.717) is 6.54 Å². The quantitative estimate of drug-likeness (QED) is 0.489. The van der Waals surface area contributed by atoms with E-state index < -0.39 is 0 Å². The maximum absolute atomic E-state index is 10.9. The van der Waals surface area contributed by atoms with Crippen molar-refractivity contribution < 1.29 is 9.53 Å². The van der Waals surface area contributed by atoms with Gasteiger partial charge in [0, 0.05) is 6.54 Å². The first kappa shape index (κ1) is 11.0. The minimum atomic E-state index is -0.216. The zero-order valence-electron chi connectivity index (χ0n) is 7.76. The first-order valence-electron chi connectivity index (χ1n) is 3.89. The van der Waals surface area contributed by atoms with Crippen molar-refractivity contribution in [2.24, 2.45) is 5.92 Å². The molecule has 2 atom stereocenters. The summed E-state index contributed by atoms with van der Waals surface area (Å²) in [5.74, 6) is 2.15. The SMILES string of the molecule is C#CC(C)NCC(C)C(=O)OC. The molecule has 0 fully saturated rings. The molecule has 0 heterocycles. The molecule has 0 bridgehead atoms. The van der Waals surface area contributed by atoms with Crippen LogP contribution in [-0.4, -0.2) is 25.7 Å². The summed E-state index contributed by atoms with van der Waals surface area (Å²) in [6, 6.07) is -0.00268. The Kier molecular flexibility index (Phi) is 5.14. The molecule has 0 amide bonds. The lowest BCUT2D eigenvalue weighted by atomic mass is 10.2. The van der Waals surface area contributed by atoms with Crippen LogP contribution in [0.15, 0.2) is 0 Å². The number of rotatable bonds is 4. The average molecular weight is 169 g/mol. The van der Waals surface area contributed by atoms with Crippen LogP contribution in [0.3, 0.4) is 0 Å². The van der Waals surface area contributed by atoms with Gasteiger partial charge in [0.25, 0.3) is 0 Å². The van der Waals surface area contributed by atoms with E-state index in [2.05, 4.69) is 16.0 Å². The molecule has 12 heavy (non-hydrogen) atoms. The van der Waals surface area contributed by atoms with Crippen molar-refractivity contribution in [3.63, 3.8) is 0 Å². The fourth-order valence-corrected chi connectivity index (χ4v) is 0.697. The molecule has 0 rings (SSSR count). The van der Waals surface area contributed by atoms with Gasteiger partial charge in [-0.25, -0.2) is 0 Å². The number of hydrogen-bond donors (Lipinski definition) is 1. The van der Waals surface area contributed by atoms with Crippen LogP contribution >= 0.6 is 0 Å². The summed E-state index contributed by atoms with van der Waals surface area (Å²) in [6.45, 7) is 4.21. The lowest BCUT2D eigenvalue weighted by Gasteiger charge is -2.11. The second-order valence-electron chi connectivity index (χ2n) is 2.72. The third kappa shape index (κ3) is 3.99. The van der Waals surface area contributed by atoms with E-state index >= 15 is 0 Å². The van der Waals surface area contributed by atoms with E-state index in [1.807, 2.05) is 6.92 Å². The Labute approximate surface area is 73.5 Å². The van der Waals surface area contributed by atoms with Gasteiger partial charge in [-0.05, 0) is 6.92 Å². The zero-order chi connectivity index (χ0) is 9.56. The highest BCUT2D eigenvalue weighted by molar-refractivity contribution is 5.72. The normalized spacial score (nSPS) is 14.5. The number of carbonyl (C=O) groups excluding carboxylic acids is 1. The summed E-state index contributed by atoms with van der Waals surface area (Å²) >= 11 is 0. The molecule has 0 radical (unpaired) electrons. The third-order valence-corrected chi connectivity index (χ3v) is 1.58. The monoisotopic (exact) mass is 169 g/mol. The largest absolute Gasteiger partial charge is 0.469 e. The smallest absolute Gasteiger partial charge is 0.309 e. The highest BCUT2D eigenvalue weighted by Gasteiger charge is 2.12. The van der Waals surface area contributed by atoms with Crippen molar-refractivity contribution in [2.45, 2.75) is 19.9 Å². The van der Waals surface area contributed by atoms with Gasteiger partial charge in [0.2, 0.25) is 0 Å². The topological polar surface area (TPSA) is 38.3 Å². The van der Waals surface area contributed by atoms with Crippen LogP contribution in [0.1, 0.15) is 13.8 Å². The van der Waals surface area contributed by atoms with Crippen molar-refractivity contribution >= 4 is 5.97 Å². The average Bonchev–Trinajstić information content (AvgIpc) is 2.11. The van der Waals surface area contributed by atoms with Gasteiger partial charge in [0.05, 0.1) is 19.1 Å². The molecule has 0 aliphatic carbocycles. The number of carbonyl (C=O) groups is 1. The molecule has 2 unspecified atom stereocenters. The van der Waals surface area contributed by atoms with Gasteiger partial charge in [-0.2, -0.15) is 0 Å². The highest BCUT2D eigenvalue weighted by Crippen LogP contribution is 1.95. The Morgan fingerprint density at radius 3 is 2.67 bits per heavy atom. The molecule has 0 aliphatic rings. The van der Waals surface area contributed by atoms with Crippen LogP contribution in [-0.2, 0) is 9.53 Å². The molecule has 0 saturated heterocycles. The molecule has 0 aliphatic heterocycles. The standard InChI is InChI=1S/C9H15NO2/c1-5-8(3)10-6-7(2)9(11)12-4/h1,7-8,10H,6H2,2-4H3. The molecule has 0 saturated carbocycles. The van der Waals surface area contributed by atoms with Crippen molar-refractivity contribution in [3.8, 4) is 12.3 Å². The Morgan fingerprint density at radius 1 is 1.67 bits per heavy atom. The third-order valence-electron chi connectivity index (χ3n) is 1.58. The predicted molar refractivity (Wildman–Crippen MR) is 47.5 cm³/mol. The summed E-state index contributed by atoms with van der Waals surface area (Å²) in [7, 11) is 1.38. The van der Waals surface area contributed by atoms with Gasteiger partial charge in [0.1, 0.15) is 0 Å². The molecule has 0 aromatic rings. The molecule has 1 N–H and O–H groups in total. The molecule has 68 valence electrons. The number of esters is 1. The maximum Gasteiger partial charge on any atom is 0.309 e. The van der Waals surface area contributed by atoms with Gasteiger partial charge in [-0.1, -0.05) is 12.8 Å². The van der Waals surface area contributed by atoms with E-state index in [0.717, 1.165) is 0 Å². The van der Waals surface area contributed by atoms with Gasteiger partial charge in [-0.15, -0.1) is 6.42 Å². The van der Waals surface area contributed by atoms with E-state index in [1.165, 1.54) is 7.11 Å². The van der Waals surface area contributed by atoms with E-state index in [-0.39, 0.29) is 17.9 Å². The van der Waals surface area contributed by atoms with Gasteiger partial charge in [-0.3, -0.25) is 4.79 Å². The lowest BCUT2D eigenvalue weighted by molar-refractivity contribution is -0.144. The molecular weight excluding hydrogens is 154 g/mol. The predicted octanol–water partition coefficient (Wildman–Crippen LogP) is 0.407. The Hall–Kier alpha value is -1.01. The van der Waals surface area contributed by atoms with Crippen LogP contribution < -0.4 is 5.32 Å². The van der Waals surface area contributed by atoms with Crippen molar-refractivity contribution in [1.82, 2.24) is 5.32 Å². The van der Waals surface area contributed by atoms with E-state index in [9.17, 15) is 4.79 Å². The minimum Gasteiger partial charge on any atom is -0.469 e. The number of nitrogens with one attached hydrogen (secondary N) is 1. The first-order chi connectivity index (χ1) is 5.61. The van der Waals surface area contributed by atoms with Crippen molar-refractivity contribution in [1.29, 1.82) is 0 Å². The van der Waals surface area contributed by atoms with E-state index in [1.54, 1.807) is 6.92 Å². The Balaban J connectivity index is 3.65. The Morgan fingerprint density at radius 2 is 2.25 bits per heavy atom. The fourth-order valence-electron chi connectivity index (χ4n) is 0.697. The van der Waals surface area contributed by atoms with Crippen LogP contribution in [0.4, 0.5) is 0 Å². The number of terminal acetylenes is 1. The summed E-state index contributed by atoms with van der Waals surface area (Å²) in [6.07, 6.45) is 5.14. The zero-order valence-corrected chi connectivity index (χ0v) is 7.76. The van der Waals surface area contributed by atoms with E-state index in [4.69, 9.17) is 6.42 Å². The Bertz CT molecular complexity index is 183. The number of ether oxygens (including phenoxy) is 1. The van der Waals surface area contributed by atoms with Gasteiger partial charge in [0.15, 0.2) is 0 Å². The molecule has 3 nitrogen and oxygen atoms in total. The molecular formula is C9H15NO2. The van der Waals surface area contributed by atoms with Gasteiger partial charge >= 0.3 is 5.97 Å². The van der Waals surface area contributed by atoms with Crippen LogP contribution in [0.25, 0.3) is 0 Å². The molecule has 0 aromatic carbocycles. The lowest BCUT2D eigenvalue weighted by Crippen LogP contribution is -2.32.